The van der Waals surface area contributed by atoms with Crippen molar-refractivity contribution < 1.29 is 4.79 Å². The zero-order chi connectivity index (χ0) is 21.9. The Balaban J connectivity index is 0.000000230. The summed E-state index contributed by atoms with van der Waals surface area (Å²) >= 11 is 1.39. The number of hydrogen-bond donors (Lipinski definition) is 3. The fourth-order valence-electron chi connectivity index (χ4n) is 3.84. The van der Waals surface area contributed by atoms with Crippen LogP contribution < -0.4 is 15.5 Å². The zero-order valence-electron chi connectivity index (χ0n) is 17.7. The van der Waals surface area contributed by atoms with E-state index < -0.39 is 0 Å². The summed E-state index contributed by atoms with van der Waals surface area (Å²) in [7, 11) is 0. The summed E-state index contributed by atoms with van der Waals surface area (Å²) < 4.78 is 1.89. The number of nitrogens with zero attached hydrogens (tertiary/aromatic N) is 6. The van der Waals surface area contributed by atoms with Crippen molar-refractivity contribution in [1.82, 2.24) is 29.8 Å². The van der Waals surface area contributed by atoms with Gasteiger partial charge < -0.3 is 15.5 Å². The Kier molecular flexibility index (Phi) is 5.71. The van der Waals surface area contributed by atoms with Crippen molar-refractivity contribution in [2.24, 2.45) is 0 Å². The van der Waals surface area contributed by atoms with Gasteiger partial charge in [0.2, 0.25) is 12.4 Å². The fraction of sp³-hybridized carbons (Fsp3) is 0.381. The predicted molar refractivity (Wildman–Crippen MR) is 125 cm³/mol. The lowest BCUT2D eigenvalue weighted by Crippen LogP contribution is -2.29. The van der Waals surface area contributed by atoms with Crippen LogP contribution in [0.25, 0.3) is 5.52 Å². The molecule has 10 nitrogen and oxygen atoms in total. The molecule has 1 atom stereocenters. The van der Waals surface area contributed by atoms with Gasteiger partial charge in [-0.25, -0.2) is 9.50 Å². The van der Waals surface area contributed by atoms with Crippen molar-refractivity contribution in [3.63, 3.8) is 0 Å². The Labute approximate surface area is 189 Å². The van der Waals surface area contributed by atoms with Gasteiger partial charge in [-0.05, 0) is 44.7 Å². The molecule has 0 spiro atoms. The van der Waals surface area contributed by atoms with Crippen LogP contribution in [0.3, 0.4) is 0 Å². The van der Waals surface area contributed by atoms with Gasteiger partial charge in [-0.3, -0.25) is 9.89 Å². The van der Waals surface area contributed by atoms with E-state index in [0.717, 1.165) is 29.6 Å². The van der Waals surface area contributed by atoms with Gasteiger partial charge in [-0.1, -0.05) is 0 Å². The quantitative estimate of drug-likeness (QED) is 0.382. The summed E-state index contributed by atoms with van der Waals surface area (Å²) in [4.78, 5) is 20.6. The number of aromatic nitrogens is 6. The molecular weight excluding hydrogens is 426 g/mol. The Morgan fingerprint density at radius 3 is 2.94 bits per heavy atom. The van der Waals surface area contributed by atoms with Crippen molar-refractivity contribution >= 4 is 46.0 Å². The second-order valence-corrected chi connectivity index (χ2v) is 8.88. The smallest absolute Gasteiger partial charge is 0.245 e. The molecular formula is C21H25N9OS. The topological polar surface area (TPSA) is 116 Å². The standard InChI is InChI=1S/C17H21N7.C4H4N2OS/c1-11-4-2-8-23(11)17-19-16(14-5-3-9-24(14)22-17)18-15-10-13(20-21-15)12-6-7-12;7-3-6-4-5-1-2-8-4/h3,5,9-12H,2,4,6-8H2,1H3,(H2,18,19,20,21,22);1-3H,(H,5,6,7). The molecule has 6 rings (SSSR count). The number of amides is 1. The number of fused-ring (bicyclic) bond motifs is 1. The van der Waals surface area contributed by atoms with Crippen LogP contribution in [0.5, 0.6) is 0 Å². The van der Waals surface area contributed by atoms with Gasteiger partial charge in [0.05, 0.1) is 0 Å². The SMILES string of the molecule is CC1CCCN1c1nc(Nc2cc(C3CC3)[nH]n2)c2cccn2n1.O=CNc1nccs1. The molecule has 4 aromatic heterocycles. The number of H-pyrrole nitrogens is 1. The molecule has 1 saturated carbocycles. The largest absolute Gasteiger partial charge is 0.337 e. The van der Waals surface area contributed by atoms with E-state index >= 15 is 0 Å². The Bertz CT molecular complexity index is 1180. The maximum Gasteiger partial charge on any atom is 0.245 e. The summed E-state index contributed by atoms with van der Waals surface area (Å²) in [5, 5.41) is 20.4. The molecule has 11 heteroatoms. The molecule has 0 bridgehead atoms. The molecule has 3 N–H and O–H groups in total. The monoisotopic (exact) mass is 451 g/mol. The Morgan fingerprint density at radius 2 is 2.22 bits per heavy atom. The van der Waals surface area contributed by atoms with Crippen LogP contribution in [0.4, 0.5) is 22.7 Å². The van der Waals surface area contributed by atoms with Crippen LogP contribution in [-0.4, -0.2) is 48.8 Å². The average molecular weight is 452 g/mol. The van der Waals surface area contributed by atoms with Gasteiger partial charge in [-0.15, -0.1) is 16.4 Å². The van der Waals surface area contributed by atoms with Crippen molar-refractivity contribution in [2.45, 2.75) is 44.6 Å². The number of rotatable bonds is 6. The molecule has 1 saturated heterocycles. The van der Waals surface area contributed by atoms with Crippen LogP contribution >= 0.6 is 11.3 Å². The third-order valence-electron chi connectivity index (χ3n) is 5.67. The third kappa shape index (κ3) is 4.42. The third-order valence-corrected chi connectivity index (χ3v) is 6.37. The number of anilines is 4. The van der Waals surface area contributed by atoms with E-state index in [0.29, 0.717) is 23.5 Å². The van der Waals surface area contributed by atoms with Crippen LogP contribution in [0.1, 0.15) is 44.2 Å². The second-order valence-electron chi connectivity index (χ2n) is 7.99. The lowest BCUT2D eigenvalue weighted by Gasteiger charge is -2.21. The minimum absolute atomic E-state index is 0.484. The Hall–Kier alpha value is -3.47. The van der Waals surface area contributed by atoms with E-state index in [-0.39, 0.29) is 0 Å². The first-order valence-corrected chi connectivity index (χ1v) is 11.6. The molecule has 2 aliphatic rings. The molecule has 5 heterocycles. The first kappa shape index (κ1) is 20.4. The summed E-state index contributed by atoms with van der Waals surface area (Å²) in [5.41, 5.74) is 2.17. The molecule has 2 fully saturated rings. The maximum atomic E-state index is 9.73. The molecule has 4 aromatic rings. The molecule has 1 aliphatic heterocycles. The maximum absolute atomic E-state index is 9.73. The van der Waals surface area contributed by atoms with Crippen LogP contribution in [-0.2, 0) is 4.79 Å². The molecule has 32 heavy (non-hydrogen) atoms. The highest BCUT2D eigenvalue weighted by atomic mass is 32.1. The molecule has 0 radical (unpaired) electrons. The minimum Gasteiger partial charge on any atom is -0.337 e. The number of hydrogen-bond acceptors (Lipinski definition) is 8. The summed E-state index contributed by atoms with van der Waals surface area (Å²) in [6.07, 6.45) is 9.12. The van der Waals surface area contributed by atoms with Crippen molar-refractivity contribution in [2.75, 3.05) is 22.1 Å². The number of carbonyl (C=O) groups excluding carboxylic acids is 1. The zero-order valence-corrected chi connectivity index (χ0v) is 18.5. The number of nitrogens with one attached hydrogen (secondary N) is 3. The van der Waals surface area contributed by atoms with Crippen molar-refractivity contribution in [3.05, 3.63) is 41.7 Å². The predicted octanol–water partition coefficient (Wildman–Crippen LogP) is 3.77. The van der Waals surface area contributed by atoms with Crippen LogP contribution in [0.2, 0.25) is 0 Å². The highest BCUT2D eigenvalue weighted by Gasteiger charge is 2.26. The highest BCUT2D eigenvalue weighted by molar-refractivity contribution is 7.13. The van der Waals surface area contributed by atoms with E-state index in [2.05, 4.69) is 48.8 Å². The van der Waals surface area contributed by atoms with Crippen molar-refractivity contribution in [1.29, 1.82) is 0 Å². The van der Waals surface area contributed by atoms with Gasteiger partial charge >= 0.3 is 0 Å². The van der Waals surface area contributed by atoms with Crippen molar-refractivity contribution in [3.8, 4) is 0 Å². The minimum atomic E-state index is 0.484. The van der Waals surface area contributed by atoms with E-state index in [9.17, 15) is 4.79 Å². The van der Waals surface area contributed by atoms with E-state index in [1.165, 1.54) is 42.7 Å². The lowest BCUT2D eigenvalue weighted by atomic mass is 10.2. The molecule has 1 unspecified atom stereocenters. The average Bonchev–Trinajstić information content (AvgIpc) is 3.25. The normalized spacial score (nSPS) is 17.8. The second kappa shape index (κ2) is 8.95. The van der Waals surface area contributed by atoms with Gasteiger partial charge in [0.15, 0.2) is 16.8 Å². The van der Waals surface area contributed by atoms with Crippen LogP contribution in [0, 0.1) is 0 Å². The van der Waals surface area contributed by atoms with Crippen LogP contribution in [0.15, 0.2) is 36.0 Å². The lowest BCUT2D eigenvalue weighted by molar-refractivity contribution is -0.105. The molecule has 0 aromatic carbocycles. The first-order chi connectivity index (χ1) is 15.7. The van der Waals surface area contributed by atoms with Gasteiger partial charge in [0, 0.05) is 48.0 Å². The molecule has 1 amide bonds. The number of thiazole rings is 1. The summed E-state index contributed by atoms with van der Waals surface area (Å²) in [5.74, 6) is 3.06. The number of aromatic amines is 1. The van der Waals surface area contributed by atoms with Gasteiger partial charge in [0.25, 0.3) is 0 Å². The van der Waals surface area contributed by atoms with E-state index in [1.807, 2.05) is 22.8 Å². The first-order valence-electron chi connectivity index (χ1n) is 10.8. The number of carbonyl (C=O) groups is 1. The molecule has 1 aliphatic carbocycles. The summed E-state index contributed by atoms with van der Waals surface area (Å²) in [6, 6.07) is 6.59. The van der Waals surface area contributed by atoms with Gasteiger partial charge in [0.1, 0.15) is 5.52 Å². The highest BCUT2D eigenvalue weighted by Crippen LogP contribution is 2.39. The van der Waals surface area contributed by atoms with E-state index in [1.54, 1.807) is 11.6 Å². The fourth-order valence-corrected chi connectivity index (χ4v) is 4.33. The molecule has 166 valence electrons. The van der Waals surface area contributed by atoms with Gasteiger partial charge in [-0.2, -0.15) is 10.1 Å². The summed E-state index contributed by atoms with van der Waals surface area (Å²) in [6.45, 7) is 3.25. The van der Waals surface area contributed by atoms with E-state index in [4.69, 9.17) is 4.98 Å². The Morgan fingerprint density at radius 1 is 1.31 bits per heavy atom.